The molecule has 1 N–H and O–H groups in total. The van der Waals surface area contributed by atoms with Crippen molar-refractivity contribution in [2.75, 3.05) is 0 Å². The van der Waals surface area contributed by atoms with E-state index in [1.807, 2.05) is 51.1 Å². The van der Waals surface area contributed by atoms with Crippen molar-refractivity contribution in [1.29, 1.82) is 0 Å². The highest BCUT2D eigenvalue weighted by molar-refractivity contribution is 6.42. The maximum atomic E-state index is 13.1. The molecule has 2 aromatic carbocycles. The molecule has 1 atom stereocenters. The number of carbonyl (C=O) groups excluding carboxylic acids is 2. The first-order valence-electron chi connectivity index (χ1n) is 9.26. The summed E-state index contributed by atoms with van der Waals surface area (Å²) >= 11 is 12.1. The van der Waals surface area contributed by atoms with E-state index in [1.165, 1.54) is 0 Å². The molecule has 150 valence electrons. The van der Waals surface area contributed by atoms with Crippen molar-refractivity contribution in [3.05, 3.63) is 69.2 Å². The molecule has 0 aliphatic carbocycles. The summed E-state index contributed by atoms with van der Waals surface area (Å²) in [5.41, 5.74) is 2.86. The zero-order chi connectivity index (χ0) is 20.8. The third-order valence-corrected chi connectivity index (χ3v) is 5.15. The van der Waals surface area contributed by atoms with E-state index in [2.05, 4.69) is 5.32 Å². The third kappa shape index (κ3) is 6.25. The fraction of sp³-hybridized carbons (Fsp3) is 0.364. The number of aryl methyl sites for hydroxylation is 1. The largest absolute Gasteiger partial charge is 0.352 e. The van der Waals surface area contributed by atoms with Gasteiger partial charge in [-0.15, -0.1) is 0 Å². The first kappa shape index (κ1) is 22.3. The van der Waals surface area contributed by atoms with E-state index in [1.54, 1.807) is 24.0 Å². The Morgan fingerprint density at radius 1 is 0.964 bits per heavy atom. The fourth-order valence-electron chi connectivity index (χ4n) is 2.80. The van der Waals surface area contributed by atoms with Crippen LogP contribution in [0.15, 0.2) is 42.5 Å². The quantitative estimate of drug-likeness (QED) is 0.699. The van der Waals surface area contributed by atoms with Gasteiger partial charge in [0.15, 0.2) is 0 Å². The van der Waals surface area contributed by atoms with Gasteiger partial charge in [0.2, 0.25) is 11.8 Å². The number of nitrogens with zero attached hydrogens (tertiary/aromatic N) is 1. The number of benzene rings is 2. The van der Waals surface area contributed by atoms with Crippen molar-refractivity contribution in [1.82, 2.24) is 10.2 Å². The van der Waals surface area contributed by atoms with Gasteiger partial charge in [0.25, 0.3) is 0 Å². The van der Waals surface area contributed by atoms with Crippen LogP contribution in [-0.2, 0) is 22.6 Å². The van der Waals surface area contributed by atoms with Gasteiger partial charge in [-0.3, -0.25) is 9.59 Å². The molecule has 0 saturated heterocycles. The molecule has 2 aromatic rings. The van der Waals surface area contributed by atoms with Gasteiger partial charge in [-0.25, -0.2) is 0 Å². The van der Waals surface area contributed by atoms with Gasteiger partial charge in [0, 0.05) is 12.6 Å². The van der Waals surface area contributed by atoms with Crippen LogP contribution < -0.4 is 5.32 Å². The number of hydrogen-bond acceptors (Lipinski definition) is 2. The first-order chi connectivity index (χ1) is 13.2. The minimum absolute atomic E-state index is 0.00558. The number of hydrogen-bond donors (Lipinski definition) is 1. The summed E-state index contributed by atoms with van der Waals surface area (Å²) in [6, 6.07) is 12.4. The van der Waals surface area contributed by atoms with Crippen LogP contribution in [0.1, 0.15) is 37.5 Å². The van der Waals surface area contributed by atoms with Crippen LogP contribution in [0.4, 0.5) is 0 Å². The SMILES string of the molecule is Cc1ccc(CC(=O)N(Cc2ccc(Cl)c(Cl)c2)[C@@H](C)C(=O)NC(C)C)cc1. The summed E-state index contributed by atoms with van der Waals surface area (Å²) in [4.78, 5) is 27.2. The van der Waals surface area contributed by atoms with Crippen LogP contribution in [-0.4, -0.2) is 28.8 Å². The minimum atomic E-state index is -0.616. The number of amides is 2. The standard InChI is InChI=1S/C22H26Cl2N2O2/c1-14(2)25-22(28)16(4)26(13-18-9-10-19(23)20(24)11-18)21(27)12-17-7-5-15(3)6-8-17/h5-11,14,16H,12-13H2,1-4H3,(H,25,28)/t16-/m0/s1. The van der Waals surface area contributed by atoms with Crippen LogP contribution in [0.25, 0.3) is 0 Å². The average molecular weight is 421 g/mol. The summed E-state index contributed by atoms with van der Waals surface area (Å²) < 4.78 is 0. The van der Waals surface area contributed by atoms with Gasteiger partial charge in [-0.2, -0.15) is 0 Å². The van der Waals surface area contributed by atoms with E-state index < -0.39 is 6.04 Å². The Balaban J connectivity index is 2.25. The zero-order valence-corrected chi connectivity index (χ0v) is 18.1. The zero-order valence-electron chi connectivity index (χ0n) is 16.6. The van der Waals surface area contributed by atoms with Gasteiger partial charge >= 0.3 is 0 Å². The second kappa shape index (κ2) is 9.94. The van der Waals surface area contributed by atoms with Crippen LogP contribution in [0, 0.1) is 6.92 Å². The van der Waals surface area contributed by atoms with Crippen molar-refractivity contribution in [2.24, 2.45) is 0 Å². The Labute approximate surface area is 176 Å². The number of nitrogens with one attached hydrogen (secondary N) is 1. The van der Waals surface area contributed by atoms with Crippen LogP contribution in [0.3, 0.4) is 0 Å². The number of rotatable bonds is 7. The molecule has 28 heavy (non-hydrogen) atoms. The van der Waals surface area contributed by atoms with E-state index in [0.717, 1.165) is 16.7 Å². The average Bonchev–Trinajstić information content (AvgIpc) is 2.63. The molecule has 2 amide bonds. The van der Waals surface area contributed by atoms with E-state index in [4.69, 9.17) is 23.2 Å². The molecular formula is C22H26Cl2N2O2. The van der Waals surface area contributed by atoms with E-state index in [9.17, 15) is 9.59 Å². The molecule has 0 aliphatic heterocycles. The molecule has 4 nitrogen and oxygen atoms in total. The highest BCUT2D eigenvalue weighted by Crippen LogP contribution is 2.24. The Kier molecular flexibility index (Phi) is 7.90. The summed E-state index contributed by atoms with van der Waals surface area (Å²) in [7, 11) is 0. The number of carbonyl (C=O) groups is 2. The van der Waals surface area contributed by atoms with Crippen molar-refractivity contribution >= 4 is 35.0 Å². The smallest absolute Gasteiger partial charge is 0.242 e. The lowest BCUT2D eigenvalue weighted by atomic mass is 10.1. The molecular weight excluding hydrogens is 395 g/mol. The second-order valence-electron chi connectivity index (χ2n) is 7.27. The third-order valence-electron chi connectivity index (χ3n) is 4.41. The van der Waals surface area contributed by atoms with Crippen LogP contribution in [0.5, 0.6) is 0 Å². The normalized spacial score (nSPS) is 12.0. The topological polar surface area (TPSA) is 49.4 Å². The molecule has 0 heterocycles. The van der Waals surface area contributed by atoms with Gasteiger partial charge in [-0.05, 0) is 51.0 Å². The highest BCUT2D eigenvalue weighted by atomic mass is 35.5. The molecule has 0 saturated carbocycles. The van der Waals surface area contributed by atoms with Gasteiger partial charge < -0.3 is 10.2 Å². The number of halogens is 2. The van der Waals surface area contributed by atoms with Crippen LogP contribution in [0.2, 0.25) is 10.0 Å². The second-order valence-corrected chi connectivity index (χ2v) is 8.09. The van der Waals surface area contributed by atoms with Crippen LogP contribution >= 0.6 is 23.2 Å². The Bertz CT molecular complexity index is 835. The van der Waals surface area contributed by atoms with E-state index in [-0.39, 0.29) is 30.8 Å². The van der Waals surface area contributed by atoms with Crippen molar-refractivity contribution < 1.29 is 9.59 Å². The fourth-order valence-corrected chi connectivity index (χ4v) is 3.13. The molecule has 0 radical (unpaired) electrons. The lowest BCUT2D eigenvalue weighted by Crippen LogP contribution is -2.49. The van der Waals surface area contributed by atoms with Crippen molar-refractivity contribution in [3.63, 3.8) is 0 Å². The predicted octanol–water partition coefficient (Wildman–Crippen LogP) is 4.79. The monoisotopic (exact) mass is 420 g/mol. The molecule has 0 aliphatic rings. The van der Waals surface area contributed by atoms with Gasteiger partial charge in [-0.1, -0.05) is 59.1 Å². The van der Waals surface area contributed by atoms with E-state index >= 15 is 0 Å². The van der Waals surface area contributed by atoms with Gasteiger partial charge in [0.05, 0.1) is 16.5 Å². The maximum Gasteiger partial charge on any atom is 0.242 e. The summed E-state index contributed by atoms with van der Waals surface area (Å²) in [5, 5.41) is 3.75. The Morgan fingerprint density at radius 3 is 2.14 bits per heavy atom. The molecule has 0 spiro atoms. The summed E-state index contributed by atoms with van der Waals surface area (Å²) in [6.45, 7) is 7.79. The molecule has 0 unspecified atom stereocenters. The molecule has 2 rings (SSSR count). The molecule has 0 fully saturated rings. The minimum Gasteiger partial charge on any atom is -0.352 e. The highest BCUT2D eigenvalue weighted by Gasteiger charge is 2.26. The predicted molar refractivity (Wildman–Crippen MR) is 115 cm³/mol. The van der Waals surface area contributed by atoms with Crippen molar-refractivity contribution in [3.8, 4) is 0 Å². The Hall–Kier alpha value is -2.04. The molecule has 6 heteroatoms. The maximum absolute atomic E-state index is 13.1. The lowest BCUT2D eigenvalue weighted by molar-refractivity contribution is -0.140. The summed E-state index contributed by atoms with van der Waals surface area (Å²) in [6.07, 6.45) is 0.223. The van der Waals surface area contributed by atoms with Crippen molar-refractivity contribution in [2.45, 2.75) is 52.7 Å². The van der Waals surface area contributed by atoms with E-state index in [0.29, 0.717) is 10.0 Å². The Morgan fingerprint density at radius 2 is 1.57 bits per heavy atom. The summed E-state index contributed by atoms with van der Waals surface area (Å²) in [5.74, 6) is -0.311. The lowest BCUT2D eigenvalue weighted by Gasteiger charge is -2.29. The molecule has 0 bridgehead atoms. The van der Waals surface area contributed by atoms with Gasteiger partial charge in [0.1, 0.15) is 6.04 Å². The first-order valence-corrected chi connectivity index (χ1v) is 10.0. The molecule has 0 aromatic heterocycles.